The first-order chi connectivity index (χ1) is 6.50. The second-order valence-corrected chi connectivity index (χ2v) is 6.36. The maximum absolute atomic E-state index is 6.13. The zero-order chi connectivity index (χ0) is 10.7. The number of rotatable bonds is 3. The molecule has 0 spiro atoms. The Bertz CT molecular complexity index is 310. The van der Waals surface area contributed by atoms with E-state index in [0.717, 1.165) is 15.9 Å². The fourth-order valence-electron chi connectivity index (χ4n) is 1.20. The predicted octanol–water partition coefficient (Wildman–Crippen LogP) is 5.06. The van der Waals surface area contributed by atoms with Gasteiger partial charge in [0.2, 0.25) is 0 Å². The molecule has 1 aromatic carbocycles. The average Bonchev–Trinajstić information content (AvgIpc) is 2.09. The first-order valence-corrected chi connectivity index (χ1v) is 6.67. The van der Waals surface area contributed by atoms with Crippen molar-refractivity contribution in [3.05, 3.63) is 33.3 Å². The van der Waals surface area contributed by atoms with Crippen molar-refractivity contribution in [3.63, 3.8) is 0 Å². The Kier molecular flexibility index (Phi) is 4.95. The Hall–Kier alpha value is 0.470. The van der Waals surface area contributed by atoms with Gasteiger partial charge in [0.25, 0.3) is 0 Å². The fourth-order valence-corrected chi connectivity index (χ4v) is 2.13. The molecule has 0 radical (unpaired) electrons. The van der Waals surface area contributed by atoms with Crippen LogP contribution in [0.15, 0.2) is 22.7 Å². The second-order valence-electron chi connectivity index (χ2n) is 3.59. The zero-order valence-electron chi connectivity index (χ0n) is 8.23. The lowest BCUT2D eigenvalue weighted by molar-refractivity contribution is 0.581. The molecule has 0 aliphatic carbocycles. The molecule has 1 aromatic rings. The van der Waals surface area contributed by atoms with Gasteiger partial charge in [-0.3, -0.25) is 0 Å². The molecule has 0 N–H and O–H groups in total. The van der Waals surface area contributed by atoms with Crippen LogP contribution in [0.2, 0.25) is 5.02 Å². The maximum atomic E-state index is 6.13. The molecule has 1 rings (SSSR count). The molecule has 14 heavy (non-hydrogen) atoms. The molecule has 0 aromatic heterocycles. The van der Waals surface area contributed by atoms with E-state index in [9.17, 15) is 0 Å². The molecule has 0 aliphatic rings. The Morgan fingerprint density at radius 1 is 1.36 bits per heavy atom. The summed E-state index contributed by atoms with van der Waals surface area (Å²) in [6, 6.07) is 6.06. The highest BCUT2D eigenvalue weighted by Gasteiger charge is 2.11. The van der Waals surface area contributed by atoms with Gasteiger partial charge in [0.15, 0.2) is 0 Å². The van der Waals surface area contributed by atoms with Crippen LogP contribution in [-0.2, 0) is 6.42 Å². The van der Waals surface area contributed by atoms with E-state index >= 15 is 0 Å². The smallest absolute Gasteiger partial charge is 0.0449 e. The van der Waals surface area contributed by atoms with Crippen LogP contribution < -0.4 is 0 Å². The van der Waals surface area contributed by atoms with Crippen molar-refractivity contribution in [1.82, 2.24) is 0 Å². The highest BCUT2D eigenvalue weighted by atomic mass is 79.9. The van der Waals surface area contributed by atoms with Crippen molar-refractivity contribution in [3.8, 4) is 0 Å². The highest BCUT2D eigenvalue weighted by Crippen LogP contribution is 2.25. The molecule has 0 saturated carbocycles. The molecule has 2 atom stereocenters. The highest BCUT2D eigenvalue weighted by molar-refractivity contribution is 9.10. The van der Waals surface area contributed by atoms with E-state index in [4.69, 9.17) is 11.6 Å². The van der Waals surface area contributed by atoms with E-state index < -0.39 is 0 Å². The lowest BCUT2D eigenvalue weighted by Gasteiger charge is -2.14. The predicted molar refractivity (Wildman–Crippen MR) is 70.4 cm³/mol. The summed E-state index contributed by atoms with van der Waals surface area (Å²) in [5.74, 6) is 0.591. The number of hydrogen-bond acceptors (Lipinski definition) is 0. The standard InChI is InChI=1S/C11H13Br2Cl/c1-7(8(2)12)5-9-3-4-10(13)6-11(9)14/h3-4,6-8H,5H2,1-2H3. The van der Waals surface area contributed by atoms with E-state index in [2.05, 4.69) is 51.8 Å². The Labute approximate surface area is 107 Å². The van der Waals surface area contributed by atoms with Crippen molar-refractivity contribution in [2.45, 2.75) is 25.1 Å². The summed E-state index contributed by atoms with van der Waals surface area (Å²) in [4.78, 5) is 0.516. The van der Waals surface area contributed by atoms with E-state index in [1.165, 1.54) is 5.56 Å². The van der Waals surface area contributed by atoms with Crippen LogP contribution in [0, 0.1) is 5.92 Å². The van der Waals surface area contributed by atoms with Crippen molar-refractivity contribution >= 4 is 43.5 Å². The summed E-state index contributed by atoms with van der Waals surface area (Å²) in [6.45, 7) is 4.38. The molecule has 0 bridgehead atoms. The largest absolute Gasteiger partial charge is 0.0891 e. The van der Waals surface area contributed by atoms with E-state index in [0.29, 0.717) is 10.7 Å². The topological polar surface area (TPSA) is 0 Å². The maximum Gasteiger partial charge on any atom is 0.0449 e. The molecular formula is C11H13Br2Cl. The second kappa shape index (κ2) is 5.53. The van der Waals surface area contributed by atoms with Crippen LogP contribution in [0.1, 0.15) is 19.4 Å². The fraction of sp³-hybridized carbons (Fsp3) is 0.455. The average molecular weight is 340 g/mol. The molecule has 0 heterocycles. The normalized spacial score (nSPS) is 15.2. The molecule has 0 saturated heterocycles. The quantitative estimate of drug-likeness (QED) is 0.674. The van der Waals surface area contributed by atoms with Crippen LogP contribution in [0.3, 0.4) is 0 Å². The number of hydrogen-bond donors (Lipinski definition) is 0. The minimum Gasteiger partial charge on any atom is -0.0891 e. The summed E-state index contributed by atoms with van der Waals surface area (Å²) >= 11 is 13.1. The summed E-state index contributed by atoms with van der Waals surface area (Å²) in [5, 5.41) is 0.847. The molecule has 78 valence electrons. The van der Waals surface area contributed by atoms with Crippen molar-refractivity contribution in [2.75, 3.05) is 0 Å². The van der Waals surface area contributed by atoms with Gasteiger partial charge in [0.1, 0.15) is 0 Å². The van der Waals surface area contributed by atoms with Gasteiger partial charge in [-0.1, -0.05) is 63.4 Å². The van der Waals surface area contributed by atoms with Gasteiger partial charge in [0, 0.05) is 14.3 Å². The molecular weight excluding hydrogens is 327 g/mol. The number of alkyl halides is 1. The van der Waals surface area contributed by atoms with Crippen molar-refractivity contribution < 1.29 is 0 Å². The van der Waals surface area contributed by atoms with Crippen LogP contribution >= 0.6 is 43.5 Å². The van der Waals surface area contributed by atoms with Crippen molar-refractivity contribution in [1.29, 1.82) is 0 Å². The van der Waals surface area contributed by atoms with E-state index in [1.807, 2.05) is 12.1 Å². The first kappa shape index (κ1) is 12.5. The monoisotopic (exact) mass is 338 g/mol. The minimum atomic E-state index is 0.516. The zero-order valence-corrected chi connectivity index (χ0v) is 12.2. The van der Waals surface area contributed by atoms with Gasteiger partial charge in [-0.15, -0.1) is 0 Å². The Morgan fingerprint density at radius 3 is 2.50 bits per heavy atom. The minimum absolute atomic E-state index is 0.516. The summed E-state index contributed by atoms with van der Waals surface area (Å²) in [7, 11) is 0. The molecule has 0 nitrogen and oxygen atoms in total. The molecule has 2 unspecified atom stereocenters. The van der Waals surface area contributed by atoms with Crippen molar-refractivity contribution in [2.24, 2.45) is 5.92 Å². The number of benzene rings is 1. The molecule has 3 heteroatoms. The Morgan fingerprint density at radius 2 is 2.00 bits per heavy atom. The van der Waals surface area contributed by atoms with Gasteiger partial charge in [-0.2, -0.15) is 0 Å². The third kappa shape index (κ3) is 3.56. The van der Waals surface area contributed by atoms with E-state index in [1.54, 1.807) is 0 Å². The van der Waals surface area contributed by atoms with Gasteiger partial charge in [0.05, 0.1) is 0 Å². The van der Waals surface area contributed by atoms with Gasteiger partial charge < -0.3 is 0 Å². The van der Waals surface area contributed by atoms with Crippen LogP contribution in [0.25, 0.3) is 0 Å². The molecule has 0 fully saturated rings. The lowest BCUT2D eigenvalue weighted by atomic mass is 9.99. The van der Waals surface area contributed by atoms with E-state index in [-0.39, 0.29) is 0 Å². The Balaban J connectivity index is 2.77. The van der Waals surface area contributed by atoms with Gasteiger partial charge in [-0.25, -0.2) is 0 Å². The summed E-state index contributed by atoms with van der Waals surface area (Å²) < 4.78 is 1.03. The number of halogens is 3. The lowest BCUT2D eigenvalue weighted by Crippen LogP contribution is -2.09. The summed E-state index contributed by atoms with van der Waals surface area (Å²) in [5.41, 5.74) is 1.22. The third-order valence-electron chi connectivity index (χ3n) is 2.34. The molecule has 0 aliphatic heterocycles. The third-order valence-corrected chi connectivity index (χ3v) is 4.09. The first-order valence-electron chi connectivity index (χ1n) is 4.58. The SMILES string of the molecule is CC(Br)C(C)Cc1ccc(Br)cc1Cl. The molecule has 0 amide bonds. The van der Waals surface area contributed by atoms with Gasteiger partial charge >= 0.3 is 0 Å². The summed E-state index contributed by atoms with van der Waals surface area (Å²) in [6.07, 6.45) is 1.01. The van der Waals surface area contributed by atoms with Crippen LogP contribution in [-0.4, -0.2) is 4.83 Å². The van der Waals surface area contributed by atoms with Gasteiger partial charge in [-0.05, 0) is 30.0 Å². The van der Waals surface area contributed by atoms with Crippen LogP contribution in [0.4, 0.5) is 0 Å². The van der Waals surface area contributed by atoms with Crippen LogP contribution in [0.5, 0.6) is 0 Å².